The summed E-state index contributed by atoms with van der Waals surface area (Å²) >= 11 is 0. The fourth-order valence-electron chi connectivity index (χ4n) is 2.63. The summed E-state index contributed by atoms with van der Waals surface area (Å²) < 4.78 is 5.14. The van der Waals surface area contributed by atoms with Gasteiger partial charge in [0, 0.05) is 26.2 Å². The molecular formula is C14H27N3O. The van der Waals surface area contributed by atoms with E-state index < -0.39 is 0 Å². The summed E-state index contributed by atoms with van der Waals surface area (Å²) in [5.41, 5.74) is 0.576. The van der Waals surface area contributed by atoms with E-state index in [2.05, 4.69) is 24.5 Å². The molecule has 2 rings (SSSR count). The summed E-state index contributed by atoms with van der Waals surface area (Å²) in [5.74, 6) is 1.91. The molecule has 2 aliphatic carbocycles. The van der Waals surface area contributed by atoms with E-state index in [9.17, 15) is 0 Å². The number of guanidine groups is 1. The first-order valence-electron chi connectivity index (χ1n) is 7.24. The average Bonchev–Trinajstić information content (AvgIpc) is 3.18. The molecule has 0 amide bonds. The van der Waals surface area contributed by atoms with E-state index in [-0.39, 0.29) is 0 Å². The highest BCUT2D eigenvalue weighted by Crippen LogP contribution is 2.61. The number of hydrogen-bond acceptors (Lipinski definition) is 2. The normalized spacial score (nSPS) is 23.6. The monoisotopic (exact) mass is 253 g/mol. The third-order valence-electron chi connectivity index (χ3n) is 4.03. The van der Waals surface area contributed by atoms with Gasteiger partial charge in [-0.25, -0.2) is 0 Å². The van der Waals surface area contributed by atoms with Crippen LogP contribution >= 0.6 is 0 Å². The maximum absolute atomic E-state index is 5.14. The fraction of sp³-hybridized carbons (Fsp3) is 0.929. The molecule has 2 N–H and O–H groups in total. The summed E-state index contributed by atoms with van der Waals surface area (Å²) in [7, 11) is 1.73. The van der Waals surface area contributed by atoms with Crippen LogP contribution in [-0.2, 0) is 4.74 Å². The van der Waals surface area contributed by atoms with E-state index in [1.165, 1.54) is 25.7 Å². The first-order chi connectivity index (χ1) is 8.70. The molecule has 0 saturated heterocycles. The topological polar surface area (TPSA) is 45.7 Å². The highest BCUT2D eigenvalue weighted by Gasteiger charge is 2.53. The Kier molecular flexibility index (Phi) is 4.49. The molecule has 0 radical (unpaired) electrons. The molecule has 0 aliphatic heterocycles. The minimum atomic E-state index is 0.295. The maximum atomic E-state index is 5.14. The highest BCUT2D eigenvalue weighted by atomic mass is 16.5. The van der Waals surface area contributed by atoms with Crippen molar-refractivity contribution in [2.75, 3.05) is 26.8 Å². The Labute approximate surface area is 111 Å². The molecule has 2 saturated carbocycles. The van der Waals surface area contributed by atoms with Crippen molar-refractivity contribution < 1.29 is 4.74 Å². The zero-order chi connectivity index (χ0) is 13.0. The van der Waals surface area contributed by atoms with Crippen molar-refractivity contribution in [1.29, 1.82) is 0 Å². The number of methoxy groups -OCH3 is 1. The SMILES string of the molecule is CCNC(=NCC1(C2CC2)CC1)NC(C)COC. The van der Waals surface area contributed by atoms with Crippen LogP contribution in [-0.4, -0.2) is 38.8 Å². The number of aliphatic imine (C=N–C) groups is 1. The zero-order valence-electron chi connectivity index (χ0n) is 12.0. The number of ether oxygens (including phenoxy) is 1. The van der Waals surface area contributed by atoms with Crippen molar-refractivity contribution in [3.8, 4) is 0 Å². The van der Waals surface area contributed by atoms with Gasteiger partial charge < -0.3 is 15.4 Å². The third kappa shape index (κ3) is 3.61. The molecule has 4 heteroatoms. The van der Waals surface area contributed by atoms with Crippen molar-refractivity contribution in [3.63, 3.8) is 0 Å². The van der Waals surface area contributed by atoms with Gasteiger partial charge in [-0.2, -0.15) is 0 Å². The molecule has 104 valence electrons. The quantitative estimate of drug-likeness (QED) is 0.537. The van der Waals surface area contributed by atoms with Crippen LogP contribution in [0, 0.1) is 11.3 Å². The Hall–Kier alpha value is -0.770. The maximum Gasteiger partial charge on any atom is 0.191 e. The lowest BCUT2D eigenvalue weighted by Crippen LogP contribution is -2.44. The fourth-order valence-corrected chi connectivity index (χ4v) is 2.63. The van der Waals surface area contributed by atoms with Gasteiger partial charge in [-0.1, -0.05) is 0 Å². The van der Waals surface area contributed by atoms with Crippen molar-refractivity contribution >= 4 is 5.96 Å². The van der Waals surface area contributed by atoms with Crippen molar-refractivity contribution in [1.82, 2.24) is 10.6 Å². The van der Waals surface area contributed by atoms with Gasteiger partial charge in [-0.15, -0.1) is 0 Å². The van der Waals surface area contributed by atoms with E-state index >= 15 is 0 Å². The van der Waals surface area contributed by atoms with Crippen LogP contribution in [0.5, 0.6) is 0 Å². The Morgan fingerprint density at radius 3 is 2.67 bits per heavy atom. The summed E-state index contributed by atoms with van der Waals surface area (Å²) in [6.45, 7) is 6.82. The second-order valence-electron chi connectivity index (χ2n) is 5.83. The van der Waals surface area contributed by atoms with Gasteiger partial charge in [0.2, 0.25) is 0 Å². The average molecular weight is 253 g/mol. The second-order valence-corrected chi connectivity index (χ2v) is 5.83. The first-order valence-corrected chi connectivity index (χ1v) is 7.24. The van der Waals surface area contributed by atoms with Crippen LogP contribution in [0.15, 0.2) is 4.99 Å². The van der Waals surface area contributed by atoms with Gasteiger partial charge in [-0.05, 0) is 50.9 Å². The molecule has 18 heavy (non-hydrogen) atoms. The van der Waals surface area contributed by atoms with E-state index in [1.807, 2.05) is 0 Å². The van der Waals surface area contributed by atoms with Gasteiger partial charge in [0.25, 0.3) is 0 Å². The van der Waals surface area contributed by atoms with Gasteiger partial charge in [0.05, 0.1) is 6.61 Å². The summed E-state index contributed by atoms with van der Waals surface area (Å²) in [5, 5.41) is 6.71. The highest BCUT2D eigenvalue weighted by molar-refractivity contribution is 5.80. The lowest BCUT2D eigenvalue weighted by molar-refractivity contribution is 0.179. The van der Waals surface area contributed by atoms with Crippen molar-refractivity contribution in [2.45, 2.75) is 45.6 Å². The number of hydrogen-bond donors (Lipinski definition) is 2. The lowest BCUT2D eigenvalue weighted by Gasteiger charge is -2.18. The van der Waals surface area contributed by atoms with Gasteiger partial charge in [-0.3, -0.25) is 4.99 Å². The number of nitrogens with one attached hydrogen (secondary N) is 2. The molecule has 0 bridgehead atoms. The summed E-state index contributed by atoms with van der Waals surface area (Å²) in [6, 6.07) is 0.295. The molecule has 0 aromatic heterocycles. The van der Waals surface area contributed by atoms with Crippen LogP contribution in [0.1, 0.15) is 39.5 Å². The Balaban J connectivity index is 1.83. The number of nitrogens with zero attached hydrogens (tertiary/aromatic N) is 1. The summed E-state index contributed by atoms with van der Waals surface area (Å²) in [4.78, 5) is 4.77. The first kappa shape index (κ1) is 13.7. The van der Waals surface area contributed by atoms with Gasteiger partial charge >= 0.3 is 0 Å². The van der Waals surface area contributed by atoms with E-state index in [0.717, 1.165) is 25.0 Å². The van der Waals surface area contributed by atoms with Crippen molar-refractivity contribution in [3.05, 3.63) is 0 Å². The van der Waals surface area contributed by atoms with Gasteiger partial charge in [0.1, 0.15) is 0 Å². The smallest absolute Gasteiger partial charge is 0.191 e. The molecule has 0 aromatic rings. The number of rotatable bonds is 7. The molecule has 0 aromatic carbocycles. The lowest BCUT2D eigenvalue weighted by atomic mass is 10.0. The largest absolute Gasteiger partial charge is 0.383 e. The van der Waals surface area contributed by atoms with Crippen LogP contribution in [0.3, 0.4) is 0 Å². The Bertz CT molecular complexity index is 295. The summed E-state index contributed by atoms with van der Waals surface area (Å²) in [6.07, 6.45) is 5.63. The third-order valence-corrected chi connectivity index (χ3v) is 4.03. The van der Waals surface area contributed by atoms with E-state index in [4.69, 9.17) is 9.73 Å². The molecule has 1 atom stereocenters. The van der Waals surface area contributed by atoms with E-state index in [1.54, 1.807) is 7.11 Å². The van der Waals surface area contributed by atoms with E-state index in [0.29, 0.717) is 18.1 Å². The molecule has 0 heterocycles. The zero-order valence-corrected chi connectivity index (χ0v) is 12.0. The Morgan fingerprint density at radius 2 is 2.17 bits per heavy atom. The standard InChI is InChI=1S/C14H27N3O/c1-4-15-13(17-11(2)9-18-3)16-10-14(7-8-14)12-5-6-12/h11-12H,4-10H2,1-3H3,(H2,15,16,17). The molecular weight excluding hydrogens is 226 g/mol. The second kappa shape index (κ2) is 5.91. The molecule has 0 spiro atoms. The predicted molar refractivity (Wildman–Crippen MR) is 74.8 cm³/mol. The minimum absolute atomic E-state index is 0.295. The minimum Gasteiger partial charge on any atom is -0.383 e. The van der Waals surface area contributed by atoms with Crippen LogP contribution in [0.2, 0.25) is 0 Å². The van der Waals surface area contributed by atoms with Crippen molar-refractivity contribution in [2.24, 2.45) is 16.3 Å². The molecule has 2 fully saturated rings. The van der Waals surface area contributed by atoms with Crippen LogP contribution in [0.4, 0.5) is 0 Å². The van der Waals surface area contributed by atoms with Gasteiger partial charge in [0.15, 0.2) is 5.96 Å². The van der Waals surface area contributed by atoms with Crippen LogP contribution < -0.4 is 10.6 Å². The predicted octanol–water partition coefficient (Wildman–Crippen LogP) is 1.77. The molecule has 4 nitrogen and oxygen atoms in total. The molecule has 2 aliphatic rings. The van der Waals surface area contributed by atoms with Crippen LogP contribution in [0.25, 0.3) is 0 Å². The Morgan fingerprint density at radius 1 is 1.44 bits per heavy atom. The molecule has 1 unspecified atom stereocenters.